The molecule has 1 saturated heterocycles. The SMILES string of the molecule is CS(=O)(=O)c1ccc(-n2ccc(OC3CCN(c4ncc(F)cn4)CC3)cc2=O)cc1. The van der Waals surface area contributed by atoms with Crippen LogP contribution in [0.25, 0.3) is 5.69 Å². The summed E-state index contributed by atoms with van der Waals surface area (Å²) in [6.45, 7) is 1.33. The lowest BCUT2D eigenvalue weighted by molar-refractivity contribution is 0.170. The van der Waals surface area contributed by atoms with E-state index >= 15 is 0 Å². The van der Waals surface area contributed by atoms with Crippen molar-refractivity contribution < 1.29 is 17.5 Å². The fourth-order valence-corrected chi connectivity index (χ4v) is 4.07. The van der Waals surface area contributed by atoms with Crippen LogP contribution in [-0.4, -0.2) is 48.4 Å². The lowest BCUT2D eigenvalue weighted by Crippen LogP contribution is -2.39. The van der Waals surface area contributed by atoms with Crippen LogP contribution in [0, 0.1) is 5.82 Å². The summed E-state index contributed by atoms with van der Waals surface area (Å²) in [6, 6.07) is 9.25. The van der Waals surface area contributed by atoms with Crippen molar-refractivity contribution in [2.24, 2.45) is 0 Å². The second-order valence-corrected chi connectivity index (χ2v) is 9.36. The first-order valence-corrected chi connectivity index (χ1v) is 11.6. The van der Waals surface area contributed by atoms with E-state index in [0.717, 1.165) is 31.5 Å². The van der Waals surface area contributed by atoms with Gasteiger partial charge in [0.2, 0.25) is 5.95 Å². The molecule has 1 fully saturated rings. The van der Waals surface area contributed by atoms with E-state index in [1.807, 2.05) is 4.90 Å². The zero-order chi connectivity index (χ0) is 22.0. The average molecular weight is 444 g/mol. The smallest absolute Gasteiger partial charge is 0.258 e. The fraction of sp³-hybridized carbons (Fsp3) is 0.286. The molecule has 4 rings (SSSR count). The third-order valence-corrected chi connectivity index (χ3v) is 6.20. The van der Waals surface area contributed by atoms with Gasteiger partial charge in [-0.1, -0.05) is 0 Å². The van der Waals surface area contributed by atoms with Crippen molar-refractivity contribution in [3.63, 3.8) is 0 Å². The molecule has 8 nitrogen and oxygen atoms in total. The molecule has 0 saturated carbocycles. The van der Waals surface area contributed by atoms with E-state index in [0.29, 0.717) is 30.5 Å². The summed E-state index contributed by atoms with van der Waals surface area (Å²) in [5.41, 5.74) is 0.290. The van der Waals surface area contributed by atoms with Crippen LogP contribution < -0.4 is 15.2 Å². The van der Waals surface area contributed by atoms with E-state index < -0.39 is 15.7 Å². The zero-order valence-electron chi connectivity index (χ0n) is 16.8. The lowest BCUT2D eigenvalue weighted by atomic mass is 10.1. The van der Waals surface area contributed by atoms with Gasteiger partial charge < -0.3 is 9.64 Å². The molecule has 0 bridgehead atoms. The van der Waals surface area contributed by atoms with Crippen LogP contribution in [0.15, 0.2) is 64.7 Å². The van der Waals surface area contributed by atoms with Crippen LogP contribution in [0.1, 0.15) is 12.8 Å². The average Bonchev–Trinajstić information content (AvgIpc) is 2.75. The van der Waals surface area contributed by atoms with Crippen molar-refractivity contribution in [3.05, 3.63) is 71.2 Å². The minimum absolute atomic E-state index is 0.0546. The first kappa shape index (κ1) is 21.0. The van der Waals surface area contributed by atoms with Gasteiger partial charge in [0.1, 0.15) is 11.9 Å². The molecule has 1 aliphatic heterocycles. The molecule has 2 aromatic heterocycles. The molecule has 0 amide bonds. The van der Waals surface area contributed by atoms with Gasteiger partial charge in [-0.05, 0) is 30.3 Å². The normalized spacial score (nSPS) is 15.1. The molecule has 1 aromatic carbocycles. The minimum atomic E-state index is -3.29. The predicted octanol–water partition coefficient (Wildman–Crippen LogP) is 2.22. The van der Waals surface area contributed by atoms with Gasteiger partial charge in [-0.2, -0.15) is 0 Å². The third kappa shape index (κ3) is 4.91. The van der Waals surface area contributed by atoms with Crippen molar-refractivity contribution in [1.82, 2.24) is 14.5 Å². The van der Waals surface area contributed by atoms with Crippen LogP contribution in [-0.2, 0) is 9.84 Å². The van der Waals surface area contributed by atoms with Crippen molar-refractivity contribution in [2.75, 3.05) is 24.2 Å². The van der Waals surface area contributed by atoms with E-state index in [9.17, 15) is 17.6 Å². The number of anilines is 1. The Morgan fingerprint density at radius 1 is 1.06 bits per heavy atom. The number of hydrogen-bond acceptors (Lipinski definition) is 7. The largest absolute Gasteiger partial charge is 0.490 e. The van der Waals surface area contributed by atoms with E-state index in [1.165, 1.54) is 22.8 Å². The van der Waals surface area contributed by atoms with Gasteiger partial charge >= 0.3 is 0 Å². The van der Waals surface area contributed by atoms with Gasteiger partial charge in [-0.25, -0.2) is 22.8 Å². The Bertz CT molecular complexity index is 1220. The van der Waals surface area contributed by atoms with Crippen molar-refractivity contribution in [2.45, 2.75) is 23.8 Å². The third-order valence-electron chi connectivity index (χ3n) is 5.07. The number of hydrogen-bond donors (Lipinski definition) is 0. The first-order valence-electron chi connectivity index (χ1n) is 9.72. The summed E-state index contributed by atoms with van der Waals surface area (Å²) in [4.78, 5) is 22.7. The number of halogens is 1. The Kier molecular flexibility index (Phi) is 5.73. The molecule has 10 heteroatoms. The number of aromatic nitrogens is 3. The molecule has 1 aliphatic rings. The Labute approximate surface area is 178 Å². The van der Waals surface area contributed by atoms with Gasteiger partial charge in [0, 0.05) is 50.1 Å². The highest BCUT2D eigenvalue weighted by atomic mass is 32.2. The van der Waals surface area contributed by atoms with Crippen molar-refractivity contribution in [1.29, 1.82) is 0 Å². The minimum Gasteiger partial charge on any atom is -0.490 e. The molecule has 0 atom stereocenters. The summed E-state index contributed by atoms with van der Waals surface area (Å²) in [7, 11) is -3.29. The van der Waals surface area contributed by atoms with Gasteiger partial charge in [0.25, 0.3) is 5.56 Å². The molecule has 3 aromatic rings. The molecule has 31 heavy (non-hydrogen) atoms. The molecule has 0 N–H and O–H groups in total. The Balaban J connectivity index is 1.40. The molecule has 0 radical (unpaired) electrons. The summed E-state index contributed by atoms with van der Waals surface area (Å²) in [5, 5.41) is 0. The van der Waals surface area contributed by atoms with E-state index in [1.54, 1.807) is 24.4 Å². The first-order chi connectivity index (χ1) is 14.8. The maximum absolute atomic E-state index is 13.0. The topological polar surface area (TPSA) is 94.4 Å². The molecule has 3 heterocycles. The van der Waals surface area contributed by atoms with E-state index in [4.69, 9.17) is 4.74 Å². The Hall–Kier alpha value is -3.27. The number of sulfone groups is 1. The summed E-state index contributed by atoms with van der Waals surface area (Å²) >= 11 is 0. The highest BCUT2D eigenvalue weighted by molar-refractivity contribution is 7.90. The highest BCUT2D eigenvalue weighted by Gasteiger charge is 2.22. The van der Waals surface area contributed by atoms with Crippen LogP contribution in [0.5, 0.6) is 5.75 Å². The standard InChI is InChI=1S/C21H21FN4O4S/c1-31(28,29)19-4-2-16(3-5-19)26-11-8-18(12-20(26)27)30-17-6-9-25(10-7-17)21-23-13-15(22)14-24-21/h2-5,8,11-14,17H,6-7,9-10H2,1H3. The number of ether oxygens (including phenoxy) is 1. The molecular weight excluding hydrogens is 423 g/mol. The summed E-state index contributed by atoms with van der Waals surface area (Å²) in [5.74, 6) is 0.498. The quantitative estimate of drug-likeness (QED) is 0.596. The highest BCUT2D eigenvalue weighted by Crippen LogP contribution is 2.21. The van der Waals surface area contributed by atoms with Crippen molar-refractivity contribution >= 4 is 15.8 Å². The molecule has 0 spiro atoms. The number of nitrogens with zero attached hydrogens (tertiary/aromatic N) is 4. The predicted molar refractivity (Wildman–Crippen MR) is 113 cm³/mol. The second-order valence-electron chi connectivity index (χ2n) is 7.34. The number of rotatable bonds is 5. The maximum atomic E-state index is 13.0. The summed E-state index contributed by atoms with van der Waals surface area (Å²) < 4.78 is 43.5. The molecule has 0 unspecified atom stereocenters. The van der Waals surface area contributed by atoms with E-state index in [2.05, 4.69) is 9.97 Å². The Morgan fingerprint density at radius 2 is 1.71 bits per heavy atom. The monoisotopic (exact) mass is 444 g/mol. The van der Waals surface area contributed by atoms with Crippen LogP contribution >= 0.6 is 0 Å². The molecular formula is C21H21FN4O4S. The molecule has 162 valence electrons. The number of benzene rings is 1. The Morgan fingerprint density at radius 3 is 2.29 bits per heavy atom. The van der Waals surface area contributed by atoms with E-state index in [-0.39, 0.29) is 16.6 Å². The van der Waals surface area contributed by atoms with Crippen LogP contribution in [0.2, 0.25) is 0 Å². The van der Waals surface area contributed by atoms with Gasteiger partial charge in [0.05, 0.1) is 17.3 Å². The lowest BCUT2D eigenvalue weighted by Gasteiger charge is -2.32. The number of piperidine rings is 1. The van der Waals surface area contributed by atoms with Crippen molar-refractivity contribution in [3.8, 4) is 11.4 Å². The summed E-state index contributed by atoms with van der Waals surface area (Å²) in [6.07, 6.45) is 6.42. The maximum Gasteiger partial charge on any atom is 0.258 e. The van der Waals surface area contributed by atoms with Gasteiger partial charge in [0.15, 0.2) is 15.7 Å². The number of pyridine rings is 1. The second kappa shape index (κ2) is 8.46. The fourth-order valence-electron chi connectivity index (χ4n) is 3.44. The van der Waals surface area contributed by atoms with Crippen LogP contribution in [0.4, 0.5) is 10.3 Å². The van der Waals surface area contributed by atoms with Gasteiger partial charge in [-0.15, -0.1) is 0 Å². The van der Waals surface area contributed by atoms with Gasteiger partial charge in [-0.3, -0.25) is 9.36 Å². The zero-order valence-corrected chi connectivity index (χ0v) is 17.6. The van der Waals surface area contributed by atoms with Crippen LogP contribution in [0.3, 0.4) is 0 Å². The molecule has 0 aliphatic carbocycles.